The van der Waals surface area contributed by atoms with E-state index in [2.05, 4.69) is 34.5 Å². The number of amides is 1. The van der Waals surface area contributed by atoms with E-state index < -0.39 is 0 Å². The normalized spacial score (nSPS) is 24.4. The van der Waals surface area contributed by atoms with Crippen LogP contribution < -0.4 is 5.32 Å². The molecule has 1 aromatic carbocycles. The molecule has 1 fully saturated rings. The minimum absolute atomic E-state index is 0. The second kappa shape index (κ2) is 6.83. The maximum Gasteiger partial charge on any atom is 0.236 e. The highest BCUT2D eigenvalue weighted by atomic mass is 35.5. The Morgan fingerprint density at radius 1 is 1.45 bits per heavy atom. The number of carbonyl (C=O) groups excluding carboxylic acids is 1. The molecule has 1 N–H and O–H groups in total. The van der Waals surface area contributed by atoms with Crippen molar-refractivity contribution < 1.29 is 4.79 Å². The van der Waals surface area contributed by atoms with Crippen molar-refractivity contribution >= 4 is 30.1 Å². The summed E-state index contributed by atoms with van der Waals surface area (Å²) in [6.45, 7) is 1.84. The van der Waals surface area contributed by atoms with Crippen molar-refractivity contribution in [3.8, 4) is 0 Å². The van der Waals surface area contributed by atoms with E-state index in [1.807, 2.05) is 7.05 Å². The first-order valence-corrected chi connectivity index (χ1v) is 7.87. The fourth-order valence-corrected chi connectivity index (χ4v) is 4.34. The number of benzene rings is 1. The number of halogens is 1. The van der Waals surface area contributed by atoms with Crippen molar-refractivity contribution in [2.45, 2.75) is 35.4 Å². The standard InChI is InChI=1S/C15H20N2OS.ClH/c1-16-10-12-6-4-8-17(12)15(18)14-9-11-5-2-3-7-13(11)19-14;/h2-3,5,7,12,14,16H,4,6,8-10H2,1H3;1H. The van der Waals surface area contributed by atoms with Gasteiger partial charge in [0.2, 0.25) is 5.91 Å². The predicted molar refractivity (Wildman–Crippen MR) is 85.7 cm³/mol. The lowest BCUT2D eigenvalue weighted by Gasteiger charge is -2.26. The summed E-state index contributed by atoms with van der Waals surface area (Å²) < 4.78 is 0. The average Bonchev–Trinajstić information content (AvgIpc) is 3.04. The largest absolute Gasteiger partial charge is 0.337 e. The van der Waals surface area contributed by atoms with Gasteiger partial charge in [0.25, 0.3) is 0 Å². The van der Waals surface area contributed by atoms with E-state index in [9.17, 15) is 4.79 Å². The van der Waals surface area contributed by atoms with Crippen LogP contribution in [0.1, 0.15) is 18.4 Å². The summed E-state index contributed by atoms with van der Waals surface area (Å²) in [5.74, 6) is 0.332. The second-order valence-electron chi connectivity index (χ2n) is 5.30. The highest BCUT2D eigenvalue weighted by Crippen LogP contribution is 2.38. The van der Waals surface area contributed by atoms with Crippen LogP contribution in [0.5, 0.6) is 0 Å². The van der Waals surface area contributed by atoms with Crippen molar-refractivity contribution in [2.75, 3.05) is 20.1 Å². The lowest BCUT2D eigenvalue weighted by Crippen LogP contribution is -2.44. The van der Waals surface area contributed by atoms with Crippen molar-refractivity contribution in [3.05, 3.63) is 29.8 Å². The van der Waals surface area contributed by atoms with Gasteiger partial charge in [-0.05, 0) is 37.9 Å². The Morgan fingerprint density at radius 2 is 2.25 bits per heavy atom. The zero-order chi connectivity index (χ0) is 13.2. The summed E-state index contributed by atoms with van der Waals surface area (Å²) in [4.78, 5) is 16.1. The quantitative estimate of drug-likeness (QED) is 0.930. The highest BCUT2D eigenvalue weighted by Gasteiger charge is 2.36. The molecule has 3 nitrogen and oxygen atoms in total. The van der Waals surface area contributed by atoms with Gasteiger partial charge in [0.1, 0.15) is 0 Å². The first kappa shape index (κ1) is 15.7. The molecule has 0 radical (unpaired) electrons. The molecule has 0 saturated carbocycles. The molecule has 2 heterocycles. The van der Waals surface area contributed by atoms with Gasteiger partial charge in [-0.3, -0.25) is 4.79 Å². The van der Waals surface area contributed by atoms with Gasteiger partial charge >= 0.3 is 0 Å². The number of thioether (sulfide) groups is 1. The third-order valence-electron chi connectivity index (χ3n) is 4.02. The number of nitrogens with one attached hydrogen (secondary N) is 1. The molecule has 1 aromatic rings. The van der Waals surface area contributed by atoms with Crippen molar-refractivity contribution in [1.82, 2.24) is 10.2 Å². The summed E-state index contributed by atoms with van der Waals surface area (Å²) in [5.41, 5.74) is 1.33. The summed E-state index contributed by atoms with van der Waals surface area (Å²) in [5, 5.41) is 3.29. The average molecular weight is 313 g/mol. The van der Waals surface area contributed by atoms with E-state index in [-0.39, 0.29) is 17.7 Å². The van der Waals surface area contributed by atoms with Crippen LogP contribution in [-0.4, -0.2) is 42.2 Å². The number of likely N-dealkylation sites (tertiary alicyclic amines) is 1. The molecule has 5 heteroatoms. The molecule has 110 valence electrons. The molecule has 2 atom stereocenters. The second-order valence-corrected chi connectivity index (χ2v) is 6.55. The van der Waals surface area contributed by atoms with E-state index in [1.165, 1.54) is 10.5 Å². The molecule has 1 saturated heterocycles. The van der Waals surface area contributed by atoms with Crippen LogP contribution in [0.3, 0.4) is 0 Å². The van der Waals surface area contributed by atoms with Gasteiger partial charge in [-0.2, -0.15) is 0 Å². The Labute approximate surface area is 130 Å². The minimum Gasteiger partial charge on any atom is -0.337 e. The smallest absolute Gasteiger partial charge is 0.236 e. The van der Waals surface area contributed by atoms with E-state index in [0.29, 0.717) is 11.9 Å². The Bertz CT molecular complexity index is 458. The Morgan fingerprint density at radius 3 is 3.00 bits per heavy atom. The zero-order valence-electron chi connectivity index (χ0n) is 11.7. The van der Waals surface area contributed by atoms with Crippen LogP contribution in [0, 0.1) is 0 Å². The number of rotatable bonds is 3. The molecule has 2 aliphatic heterocycles. The molecular weight excluding hydrogens is 292 g/mol. The maximum atomic E-state index is 12.7. The molecule has 1 amide bonds. The van der Waals surface area contributed by atoms with Gasteiger partial charge in [-0.1, -0.05) is 18.2 Å². The number of nitrogens with zero attached hydrogens (tertiary/aromatic N) is 1. The van der Waals surface area contributed by atoms with Crippen molar-refractivity contribution in [3.63, 3.8) is 0 Å². The van der Waals surface area contributed by atoms with Crippen molar-refractivity contribution in [1.29, 1.82) is 0 Å². The van der Waals surface area contributed by atoms with Gasteiger partial charge < -0.3 is 10.2 Å². The van der Waals surface area contributed by atoms with Crippen LogP contribution in [0.25, 0.3) is 0 Å². The third kappa shape index (κ3) is 2.97. The summed E-state index contributed by atoms with van der Waals surface area (Å²) in [6.07, 6.45) is 3.17. The van der Waals surface area contributed by atoms with Gasteiger partial charge in [0.05, 0.1) is 5.25 Å². The predicted octanol–water partition coefficient (Wildman–Crippen LogP) is 2.34. The molecular formula is C15H21ClN2OS. The molecule has 20 heavy (non-hydrogen) atoms. The van der Waals surface area contributed by atoms with Crippen molar-refractivity contribution in [2.24, 2.45) is 0 Å². The Balaban J connectivity index is 0.00000147. The van der Waals surface area contributed by atoms with E-state index in [4.69, 9.17) is 0 Å². The topological polar surface area (TPSA) is 32.3 Å². The van der Waals surface area contributed by atoms with Gasteiger partial charge in [-0.15, -0.1) is 24.2 Å². The maximum absolute atomic E-state index is 12.7. The number of hydrogen-bond donors (Lipinski definition) is 1. The summed E-state index contributed by atoms with van der Waals surface area (Å²) >= 11 is 1.74. The summed E-state index contributed by atoms with van der Waals surface area (Å²) in [6, 6.07) is 8.78. The Hall–Kier alpha value is -0.710. The van der Waals surface area contributed by atoms with Crippen LogP contribution in [0.15, 0.2) is 29.2 Å². The molecule has 0 bridgehead atoms. The Kier molecular flexibility index (Phi) is 5.35. The first-order chi connectivity index (χ1) is 9.29. The van der Waals surface area contributed by atoms with E-state index in [0.717, 1.165) is 32.4 Å². The summed E-state index contributed by atoms with van der Waals surface area (Å²) in [7, 11) is 1.96. The molecule has 2 unspecified atom stereocenters. The zero-order valence-corrected chi connectivity index (χ0v) is 13.3. The third-order valence-corrected chi connectivity index (χ3v) is 5.33. The molecule has 3 rings (SSSR count). The van der Waals surface area contributed by atoms with Crippen LogP contribution in [0.4, 0.5) is 0 Å². The van der Waals surface area contributed by atoms with E-state index in [1.54, 1.807) is 11.8 Å². The SMILES string of the molecule is CNCC1CCCN1C(=O)C1Cc2ccccc2S1.Cl. The molecule has 0 aromatic heterocycles. The van der Waals surface area contributed by atoms with Gasteiger partial charge in [-0.25, -0.2) is 0 Å². The minimum atomic E-state index is 0. The fraction of sp³-hybridized carbons (Fsp3) is 0.533. The molecule has 0 spiro atoms. The van der Waals surface area contributed by atoms with Gasteiger partial charge in [0.15, 0.2) is 0 Å². The van der Waals surface area contributed by atoms with Crippen LogP contribution in [-0.2, 0) is 11.2 Å². The molecule has 2 aliphatic rings. The number of likely N-dealkylation sites (N-methyl/N-ethyl adjacent to an activating group) is 1. The lowest BCUT2D eigenvalue weighted by molar-refractivity contribution is -0.131. The number of fused-ring (bicyclic) bond motifs is 1. The fourth-order valence-electron chi connectivity index (χ4n) is 3.08. The monoisotopic (exact) mass is 312 g/mol. The number of hydrogen-bond acceptors (Lipinski definition) is 3. The highest BCUT2D eigenvalue weighted by molar-refractivity contribution is 8.01. The first-order valence-electron chi connectivity index (χ1n) is 6.99. The van der Waals surface area contributed by atoms with E-state index >= 15 is 0 Å². The van der Waals surface area contributed by atoms with Gasteiger partial charge in [0, 0.05) is 24.0 Å². The molecule has 0 aliphatic carbocycles. The lowest BCUT2D eigenvalue weighted by atomic mass is 10.1. The van der Waals surface area contributed by atoms with Crippen LogP contribution in [0.2, 0.25) is 0 Å². The number of carbonyl (C=O) groups is 1. The van der Waals surface area contributed by atoms with Crippen LogP contribution >= 0.6 is 24.2 Å².